The molecule has 0 atom stereocenters. The molecule has 0 fully saturated rings. The van der Waals surface area contributed by atoms with E-state index in [0.717, 1.165) is 42.7 Å². The number of carbonyl (C=O) groups is 1. The van der Waals surface area contributed by atoms with Crippen LogP contribution in [0.4, 0.5) is 5.95 Å². The second-order valence-electron chi connectivity index (χ2n) is 6.63. The maximum atomic E-state index is 12.6. The molecule has 1 aliphatic heterocycles. The van der Waals surface area contributed by atoms with Crippen molar-refractivity contribution in [2.45, 2.75) is 45.7 Å². The third kappa shape index (κ3) is 2.63. The molecule has 4 rings (SSSR count). The van der Waals surface area contributed by atoms with Gasteiger partial charge in [-0.25, -0.2) is 4.79 Å². The zero-order valence-corrected chi connectivity index (χ0v) is 14.2. The molecule has 3 aromatic rings. The molecule has 0 saturated heterocycles. The van der Waals surface area contributed by atoms with Crippen molar-refractivity contribution >= 4 is 22.9 Å². The number of nitrogens with zero attached hydrogens (tertiary/aromatic N) is 4. The summed E-state index contributed by atoms with van der Waals surface area (Å²) in [6.45, 7) is 4.69. The number of nitrogens with one attached hydrogen (secondary N) is 2. The van der Waals surface area contributed by atoms with E-state index < -0.39 is 0 Å². The standard InChI is InChI=1S/C17H20N6O2/c1-10(2)23-13-9-11(6-7-12(13)18-17(23)25)15(24)19-16-21-20-14-5-3-4-8-22(14)16/h6-7,9-10H,3-5,8H2,1-2H3,(H,18,25)(H,19,21,24). The highest BCUT2D eigenvalue weighted by atomic mass is 16.2. The second-order valence-corrected chi connectivity index (χ2v) is 6.63. The molecule has 1 aromatic carbocycles. The van der Waals surface area contributed by atoms with Crippen LogP contribution in [0, 0.1) is 0 Å². The first-order valence-electron chi connectivity index (χ1n) is 8.52. The monoisotopic (exact) mass is 340 g/mol. The van der Waals surface area contributed by atoms with Crippen LogP contribution < -0.4 is 11.0 Å². The number of carbonyl (C=O) groups excluding carboxylic acids is 1. The smallest absolute Gasteiger partial charge is 0.306 e. The highest BCUT2D eigenvalue weighted by molar-refractivity contribution is 6.05. The van der Waals surface area contributed by atoms with Crippen molar-refractivity contribution in [3.8, 4) is 0 Å². The Hall–Kier alpha value is -2.90. The van der Waals surface area contributed by atoms with Gasteiger partial charge in [0.05, 0.1) is 11.0 Å². The summed E-state index contributed by atoms with van der Waals surface area (Å²) in [5, 5.41) is 11.1. The van der Waals surface area contributed by atoms with Gasteiger partial charge < -0.3 is 4.98 Å². The fraction of sp³-hybridized carbons (Fsp3) is 0.412. The lowest BCUT2D eigenvalue weighted by molar-refractivity contribution is 0.102. The summed E-state index contributed by atoms with van der Waals surface area (Å²) in [7, 11) is 0. The summed E-state index contributed by atoms with van der Waals surface area (Å²) in [5.41, 5.74) is 1.74. The quantitative estimate of drug-likeness (QED) is 0.763. The Labute approximate surface area is 143 Å². The molecule has 0 aliphatic carbocycles. The van der Waals surface area contributed by atoms with Crippen LogP contribution in [0.15, 0.2) is 23.0 Å². The van der Waals surface area contributed by atoms with E-state index in [-0.39, 0.29) is 17.6 Å². The van der Waals surface area contributed by atoms with E-state index in [2.05, 4.69) is 20.5 Å². The number of aromatic nitrogens is 5. The topological polar surface area (TPSA) is 97.6 Å². The molecule has 2 aromatic heterocycles. The third-order valence-corrected chi connectivity index (χ3v) is 4.58. The van der Waals surface area contributed by atoms with Crippen molar-refractivity contribution in [2.24, 2.45) is 0 Å². The van der Waals surface area contributed by atoms with E-state index in [0.29, 0.717) is 11.5 Å². The lowest BCUT2D eigenvalue weighted by Gasteiger charge is -2.14. The van der Waals surface area contributed by atoms with Crippen LogP contribution in [0.3, 0.4) is 0 Å². The zero-order chi connectivity index (χ0) is 17.6. The van der Waals surface area contributed by atoms with Crippen LogP contribution in [0.25, 0.3) is 11.0 Å². The number of rotatable bonds is 3. The van der Waals surface area contributed by atoms with Crippen LogP contribution in [0.2, 0.25) is 0 Å². The molecular formula is C17H20N6O2. The number of aromatic amines is 1. The predicted molar refractivity (Wildman–Crippen MR) is 93.9 cm³/mol. The minimum absolute atomic E-state index is 0.00285. The average molecular weight is 340 g/mol. The van der Waals surface area contributed by atoms with E-state index >= 15 is 0 Å². The Kier molecular flexibility index (Phi) is 3.67. The number of hydrogen-bond donors (Lipinski definition) is 2. The Balaban J connectivity index is 1.67. The van der Waals surface area contributed by atoms with Crippen LogP contribution in [0.1, 0.15) is 48.9 Å². The van der Waals surface area contributed by atoms with Crippen molar-refractivity contribution in [3.63, 3.8) is 0 Å². The van der Waals surface area contributed by atoms with Gasteiger partial charge in [-0.15, -0.1) is 10.2 Å². The van der Waals surface area contributed by atoms with Gasteiger partial charge in [-0.1, -0.05) is 0 Å². The molecule has 0 spiro atoms. The lowest BCUT2D eigenvalue weighted by Crippen LogP contribution is -2.19. The first-order valence-corrected chi connectivity index (χ1v) is 8.52. The Bertz CT molecular complexity index is 1010. The molecule has 8 nitrogen and oxygen atoms in total. The van der Waals surface area contributed by atoms with Crippen molar-refractivity contribution in [3.05, 3.63) is 40.1 Å². The third-order valence-electron chi connectivity index (χ3n) is 4.58. The zero-order valence-electron chi connectivity index (χ0n) is 14.2. The SMILES string of the molecule is CC(C)n1c(=O)[nH]c2ccc(C(=O)Nc3nnc4n3CCCC4)cc21. The molecule has 0 saturated carbocycles. The van der Waals surface area contributed by atoms with Gasteiger partial charge in [-0.3, -0.25) is 19.2 Å². The van der Waals surface area contributed by atoms with Gasteiger partial charge in [0.25, 0.3) is 5.91 Å². The first-order chi connectivity index (χ1) is 12.0. The highest BCUT2D eigenvalue weighted by Crippen LogP contribution is 2.20. The summed E-state index contributed by atoms with van der Waals surface area (Å²) < 4.78 is 3.60. The molecule has 25 heavy (non-hydrogen) atoms. The molecule has 2 N–H and O–H groups in total. The van der Waals surface area contributed by atoms with Crippen LogP contribution in [-0.4, -0.2) is 30.2 Å². The minimum atomic E-state index is -0.258. The van der Waals surface area contributed by atoms with E-state index in [9.17, 15) is 9.59 Å². The molecule has 0 radical (unpaired) electrons. The van der Waals surface area contributed by atoms with Crippen molar-refractivity contribution in [1.29, 1.82) is 0 Å². The maximum Gasteiger partial charge on any atom is 0.326 e. The Morgan fingerprint density at radius 3 is 2.92 bits per heavy atom. The maximum absolute atomic E-state index is 12.6. The highest BCUT2D eigenvalue weighted by Gasteiger charge is 2.19. The number of imidazole rings is 1. The molecule has 130 valence electrons. The molecule has 1 aliphatic rings. The number of aryl methyl sites for hydroxylation is 1. The summed E-state index contributed by atoms with van der Waals surface area (Å²) in [6, 6.07) is 5.19. The number of H-pyrrole nitrogens is 1. The molecule has 0 unspecified atom stereocenters. The largest absolute Gasteiger partial charge is 0.326 e. The summed E-state index contributed by atoms with van der Waals surface area (Å²) in [4.78, 5) is 27.5. The van der Waals surface area contributed by atoms with Crippen LogP contribution in [-0.2, 0) is 13.0 Å². The number of hydrogen-bond acceptors (Lipinski definition) is 4. The Morgan fingerprint density at radius 1 is 1.28 bits per heavy atom. The summed E-state index contributed by atoms with van der Waals surface area (Å²) >= 11 is 0. The van der Waals surface area contributed by atoms with Crippen molar-refractivity contribution < 1.29 is 4.79 Å². The molecule has 8 heteroatoms. The number of amides is 1. The van der Waals surface area contributed by atoms with E-state index in [1.807, 2.05) is 18.4 Å². The fourth-order valence-electron chi connectivity index (χ4n) is 3.35. The second kappa shape index (κ2) is 5.87. The Morgan fingerprint density at radius 2 is 2.12 bits per heavy atom. The summed E-state index contributed by atoms with van der Waals surface area (Å²) in [6.07, 6.45) is 3.05. The van der Waals surface area contributed by atoms with Crippen molar-refractivity contribution in [2.75, 3.05) is 5.32 Å². The van der Waals surface area contributed by atoms with Gasteiger partial charge in [0.15, 0.2) is 0 Å². The molecular weight excluding hydrogens is 320 g/mol. The first kappa shape index (κ1) is 15.6. The predicted octanol–water partition coefficient (Wildman–Crippen LogP) is 2.09. The van der Waals surface area contributed by atoms with Crippen LogP contribution >= 0.6 is 0 Å². The van der Waals surface area contributed by atoms with E-state index in [4.69, 9.17) is 0 Å². The van der Waals surface area contributed by atoms with E-state index in [1.165, 1.54) is 0 Å². The molecule has 3 heterocycles. The number of benzene rings is 1. The molecule has 0 bridgehead atoms. The van der Waals surface area contributed by atoms with Gasteiger partial charge in [-0.2, -0.15) is 0 Å². The van der Waals surface area contributed by atoms with Gasteiger partial charge in [-0.05, 0) is 44.9 Å². The van der Waals surface area contributed by atoms with Gasteiger partial charge >= 0.3 is 5.69 Å². The average Bonchev–Trinajstić information content (AvgIpc) is 3.14. The lowest BCUT2D eigenvalue weighted by atomic mass is 10.1. The summed E-state index contributed by atoms with van der Waals surface area (Å²) in [5.74, 6) is 1.14. The number of fused-ring (bicyclic) bond motifs is 2. The van der Waals surface area contributed by atoms with Gasteiger partial charge in [0.1, 0.15) is 5.82 Å². The fourth-order valence-corrected chi connectivity index (χ4v) is 3.35. The van der Waals surface area contributed by atoms with Crippen molar-refractivity contribution in [1.82, 2.24) is 24.3 Å². The van der Waals surface area contributed by atoms with E-state index in [1.54, 1.807) is 22.8 Å². The molecule has 1 amide bonds. The normalized spacial score (nSPS) is 14.0. The van der Waals surface area contributed by atoms with Gasteiger partial charge in [0, 0.05) is 24.6 Å². The number of anilines is 1. The van der Waals surface area contributed by atoms with Crippen LogP contribution in [0.5, 0.6) is 0 Å². The van der Waals surface area contributed by atoms with Gasteiger partial charge in [0.2, 0.25) is 5.95 Å². The minimum Gasteiger partial charge on any atom is -0.306 e.